The smallest absolute Gasteiger partial charge is 0.289 e. The minimum absolute atomic E-state index is 0.0170. The van der Waals surface area contributed by atoms with Gasteiger partial charge in [0.25, 0.3) is 5.91 Å². The van der Waals surface area contributed by atoms with Crippen molar-refractivity contribution in [3.8, 4) is 0 Å². The van der Waals surface area contributed by atoms with E-state index in [1.54, 1.807) is 0 Å². The second-order valence-electron chi connectivity index (χ2n) is 3.88. The molecule has 1 aromatic heterocycles. The van der Waals surface area contributed by atoms with Gasteiger partial charge in [0.2, 0.25) is 11.8 Å². The number of aliphatic hydroxyl groups excluding tert-OH is 1. The van der Waals surface area contributed by atoms with Crippen LogP contribution in [0, 0.1) is 0 Å². The first-order valence-electron chi connectivity index (χ1n) is 5.12. The number of anilines is 1. The molecule has 0 aliphatic carbocycles. The molecular formula is C9H17N5O2. The van der Waals surface area contributed by atoms with Crippen molar-refractivity contribution in [1.82, 2.24) is 20.5 Å². The number of hydrogen-bond acceptors (Lipinski definition) is 5. The van der Waals surface area contributed by atoms with Gasteiger partial charge in [-0.25, -0.2) is 0 Å². The maximum Gasteiger partial charge on any atom is 0.289 e. The van der Waals surface area contributed by atoms with Gasteiger partial charge in [-0.1, -0.05) is 6.92 Å². The summed E-state index contributed by atoms with van der Waals surface area (Å²) in [4.78, 5) is 15.5. The zero-order valence-electron chi connectivity index (χ0n) is 9.45. The van der Waals surface area contributed by atoms with Gasteiger partial charge in [0.05, 0.1) is 0 Å². The Morgan fingerprint density at radius 1 is 1.69 bits per heavy atom. The molecule has 0 aliphatic heterocycles. The molecule has 0 bridgehead atoms. The van der Waals surface area contributed by atoms with Crippen molar-refractivity contribution in [2.45, 2.75) is 32.2 Å². The first-order valence-corrected chi connectivity index (χ1v) is 5.12. The molecule has 7 heteroatoms. The maximum atomic E-state index is 11.7. The number of H-pyrrole nitrogens is 1. The standard InChI is InChI=1S/C9H17N5O2/c1-3-9(2,4-5-15)12-7(16)6-11-8(10)14-13-6/h15H,3-5H2,1-2H3,(H,12,16)(H3,10,11,13,14). The SMILES string of the molecule is CCC(C)(CCO)NC(=O)c1nc(N)n[nH]1. The Kier molecular flexibility index (Phi) is 3.83. The average molecular weight is 227 g/mol. The van der Waals surface area contributed by atoms with Crippen LogP contribution in [0.25, 0.3) is 0 Å². The number of nitrogen functional groups attached to an aromatic ring is 1. The number of nitrogens with zero attached hydrogens (tertiary/aromatic N) is 2. The third-order valence-corrected chi connectivity index (χ3v) is 2.58. The first kappa shape index (κ1) is 12.4. The van der Waals surface area contributed by atoms with Crippen molar-refractivity contribution >= 4 is 11.9 Å². The zero-order valence-corrected chi connectivity index (χ0v) is 9.45. The van der Waals surface area contributed by atoms with Crippen LogP contribution in [-0.4, -0.2) is 38.3 Å². The predicted molar refractivity (Wildman–Crippen MR) is 58.7 cm³/mol. The third kappa shape index (κ3) is 2.93. The van der Waals surface area contributed by atoms with Crippen molar-refractivity contribution in [3.63, 3.8) is 0 Å². The Morgan fingerprint density at radius 2 is 2.38 bits per heavy atom. The molecule has 0 saturated heterocycles. The lowest BCUT2D eigenvalue weighted by molar-refractivity contribution is 0.0876. The number of nitrogens with one attached hydrogen (secondary N) is 2. The van der Waals surface area contributed by atoms with Gasteiger partial charge in [-0.15, -0.1) is 5.10 Å². The van der Waals surface area contributed by atoms with E-state index >= 15 is 0 Å². The molecule has 5 N–H and O–H groups in total. The van der Waals surface area contributed by atoms with Crippen molar-refractivity contribution < 1.29 is 9.90 Å². The zero-order chi connectivity index (χ0) is 12.2. The van der Waals surface area contributed by atoms with E-state index in [0.29, 0.717) is 12.8 Å². The van der Waals surface area contributed by atoms with Gasteiger partial charge in [-0.05, 0) is 19.8 Å². The molecule has 1 aromatic rings. The summed E-state index contributed by atoms with van der Waals surface area (Å²) in [5.41, 5.74) is 4.85. The minimum atomic E-state index is -0.451. The molecule has 16 heavy (non-hydrogen) atoms. The van der Waals surface area contributed by atoms with E-state index in [0.717, 1.165) is 0 Å². The van der Waals surface area contributed by atoms with E-state index in [-0.39, 0.29) is 24.3 Å². The van der Waals surface area contributed by atoms with Crippen LogP contribution in [0.3, 0.4) is 0 Å². The van der Waals surface area contributed by atoms with Crippen molar-refractivity contribution in [3.05, 3.63) is 5.82 Å². The van der Waals surface area contributed by atoms with Crippen LogP contribution in [0.2, 0.25) is 0 Å². The number of aromatic amines is 1. The number of carbonyl (C=O) groups is 1. The number of hydrogen-bond donors (Lipinski definition) is 4. The molecule has 0 fully saturated rings. The van der Waals surface area contributed by atoms with Gasteiger partial charge in [-0.2, -0.15) is 4.98 Å². The van der Waals surface area contributed by atoms with E-state index in [1.165, 1.54) is 0 Å². The minimum Gasteiger partial charge on any atom is -0.396 e. The molecule has 0 saturated carbocycles. The van der Waals surface area contributed by atoms with E-state index in [9.17, 15) is 4.79 Å². The Balaban J connectivity index is 2.69. The summed E-state index contributed by atoms with van der Waals surface area (Å²) in [7, 11) is 0. The van der Waals surface area contributed by atoms with Crippen molar-refractivity contribution in [1.29, 1.82) is 0 Å². The number of amides is 1. The molecule has 1 atom stereocenters. The summed E-state index contributed by atoms with van der Waals surface area (Å²) < 4.78 is 0. The van der Waals surface area contributed by atoms with E-state index in [4.69, 9.17) is 10.8 Å². The maximum absolute atomic E-state index is 11.7. The van der Waals surface area contributed by atoms with Gasteiger partial charge >= 0.3 is 0 Å². The van der Waals surface area contributed by atoms with Gasteiger partial charge < -0.3 is 16.2 Å². The fourth-order valence-electron chi connectivity index (χ4n) is 1.28. The highest BCUT2D eigenvalue weighted by Gasteiger charge is 2.25. The van der Waals surface area contributed by atoms with Crippen LogP contribution in [0.15, 0.2) is 0 Å². The van der Waals surface area contributed by atoms with E-state index < -0.39 is 5.54 Å². The second kappa shape index (κ2) is 4.93. The van der Waals surface area contributed by atoms with E-state index in [1.807, 2.05) is 13.8 Å². The number of rotatable bonds is 5. The molecule has 7 nitrogen and oxygen atoms in total. The number of carbonyl (C=O) groups excluding carboxylic acids is 1. The summed E-state index contributed by atoms with van der Waals surface area (Å²) in [5, 5.41) is 17.7. The summed E-state index contributed by atoms with van der Waals surface area (Å²) in [5.74, 6) is -0.261. The number of nitrogens with two attached hydrogens (primary N) is 1. The fourth-order valence-corrected chi connectivity index (χ4v) is 1.28. The van der Waals surface area contributed by atoms with Crippen LogP contribution >= 0.6 is 0 Å². The topological polar surface area (TPSA) is 117 Å². The Bertz CT molecular complexity index is 365. The highest BCUT2D eigenvalue weighted by molar-refractivity contribution is 5.91. The molecule has 1 amide bonds. The largest absolute Gasteiger partial charge is 0.396 e. The summed E-state index contributed by atoms with van der Waals surface area (Å²) in [6.07, 6.45) is 1.20. The first-order chi connectivity index (χ1) is 7.50. The molecule has 0 aromatic carbocycles. The van der Waals surface area contributed by atoms with Crippen molar-refractivity contribution in [2.75, 3.05) is 12.3 Å². The summed E-state index contributed by atoms with van der Waals surface area (Å²) >= 11 is 0. The van der Waals surface area contributed by atoms with Gasteiger partial charge in [0.1, 0.15) is 0 Å². The average Bonchev–Trinajstić information content (AvgIpc) is 2.65. The molecule has 0 aliphatic rings. The van der Waals surface area contributed by atoms with Gasteiger partial charge in [-0.3, -0.25) is 9.89 Å². The molecule has 0 spiro atoms. The fraction of sp³-hybridized carbons (Fsp3) is 0.667. The van der Waals surface area contributed by atoms with Crippen LogP contribution in [0.5, 0.6) is 0 Å². The lowest BCUT2D eigenvalue weighted by Gasteiger charge is -2.28. The Morgan fingerprint density at radius 3 is 2.81 bits per heavy atom. The third-order valence-electron chi connectivity index (χ3n) is 2.58. The molecule has 1 rings (SSSR count). The molecule has 90 valence electrons. The number of aromatic nitrogens is 3. The number of aliphatic hydroxyl groups is 1. The molecule has 1 unspecified atom stereocenters. The molecule has 0 radical (unpaired) electrons. The molecule has 1 heterocycles. The summed E-state index contributed by atoms with van der Waals surface area (Å²) in [6, 6.07) is 0. The highest BCUT2D eigenvalue weighted by Crippen LogP contribution is 2.14. The quantitative estimate of drug-likeness (QED) is 0.549. The Labute approximate surface area is 93.4 Å². The van der Waals surface area contributed by atoms with Gasteiger partial charge in [0.15, 0.2) is 0 Å². The normalized spacial score (nSPS) is 14.4. The van der Waals surface area contributed by atoms with E-state index in [2.05, 4.69) is 20.5 Å². The van der Waals surface area contributed by atoms with Crippen LogP contribution < -0.4 is 11.1 Å². The van der Waals surface area contributed by atoms with Crippen LogP contribution in [0.4, 0.5) is 5.95 Å². The predicted octanol–water partition coefficient (Wildman–Crippen LogP) is -0.332. The molecular weight excluding hydrogens is 210 g/mol. The Hall–Kier alpha value is -1.63. The van der Waals surface area contributed by atoms with Gasteiger partial charge in [0, 0.05) is 12.1 Å². The lowest BCUT2D eigenvalue weighted by Crippen LogP contribution is -2.46. The van der Waals surface area contributed by atoms with Crippen LogP contribution in [-0.2, 0) is 0 Å². The summed E-state index contributed by atoms with van der Waals surface area (Å²) in [6.45, 7) is 3.81. The second-order valence-corrected chi connectivity index (χ2v) is 3.88. The van der Waals surface area contributed by atoms with Crippen LogP contribution in [0.1, 0.15) is 37.3 Å². The lowest BCUT2D eigenvalue weighted by atomic mass is 9.95. The van der Waals surface area contributed by atoms with Crippen molar-refractivity contribution in [2.24, 2.45) is 0 Å². The monoisotopic (exact) mass is 227 g/mol. The highest BCUT2D eigenvalue weighted by atomic mass is 16.3.